The molecule has 0 unspecified atom stereocenters. The molecule has 0 saturated heterocycles. The van der Waals surface area contributed by atoms with E-state index in [0.29, 0.717) is 12.2 Å². The van der Waals surface area contributed by atoms with Crippen molar-refractivity contribution in [3.63, 3.8) is 0 Å². The minimum Gasteiger partial charge on any atom is -0.507 e. The number of allylic oxidation sites excluding steroid dienone is 1. The minimum atomic E-state index is -0.570. The largest absolute Gasteiger partial charge is 0.507 e. The molecule has 0 aliphatic rings. The summed E-state index contributed by atoms with van der Waals surface area (Å²) in [5, 5.41) is 9.80. The number of hydrogen-bond acceptors (Lipinski definition) is 3. The molecule has 0 radical (unpaired) electrons. The predicted molar refractivity (Wildman–Crippen MR) is 78.1 cm³/mol. The third kappa shape index (κ3) is 3.06. The van der Waals surface area contributed by atoms with E-state index >= 15 is 0 Å². The summed E-state index contributed by atoms with van der Waals surface area (Å²) in [6.45, 7) is 5.52. The smallest absolute Gasteiger partial charge is 0.347 e. The lowest BCUT2D eigenvalue weighted by molar-refractivity contribution is 0.0730. The fourth-order valence-corrected chi connectivity index (χ4v) is 1.90. The number of benzene rings is 2. The van der Waals surface area contributed by atoms with E-state index in [0.717, 1.165) is 11.1 Å². The van der Waals surface area contributed by atoms with Gasteiger partial charge in [-0.1, -0.05) is 30.3 Å². The molecule has 3 nitrogen and oxygen atoms in total. The number of carbonyl (C=O) groups is 1. The molecule has 0 bridgehead atoms. The van der Waals surface area contributed by atoms with Crippen LogP contribution in [0.4, 0.5) is 0 Å². The molecule has 2 aromatic carbocycles. The van der Waals surface area contributed by atoms with Crippen LogP contribution in [0.15, 0.2) is 55.1 Å². The van der Waals surface area contributed by atoms with Gasteiger partial charge in [-0.3, -0.25) is 0 Å². The zero-order chi connectivity index (χ0) is 14.5. The van der Waals surface area contributed by atoms with E-state index in [4.69, 9.17) is 4.74 Å². The molecular formula is C17H16O3. The maximum absolute atomic E-state index is 12.1. The Morgan fingerprint density at radius 3 is 2.75 bits per heavy atom. The van der Waals surface area contributed by atoms with Crippen molar-refractivity contribution in [2.45, 2.75) is 13.3 Å². The van der Waals surface area contributed by atoms with Crippen LogP contribution in [-0.4, -0.2) is 11.1 Å². The number of ether oxygens (including phenoxy) is 1. The molecule has 0 amide bonds. The third-order valence-electron chi connectivity index (χ3n) is 2.91. The molecular weight excluding hydrogens is 252 g/mol. The molecule has 0 atom stereocenters. The summed E-state index contributed by atoms with van der Waals surface area (Å²) in [5.41, 5.74) is 1.91. The first-order chi connectivity index (χ1) is 9.61. The van der Waals surface area contributed by atoms with Crippen molar-refractivity contribution in [1.29, 1.82) is 0 Å². The Morgan fingerprint density at radius 1 is 1.30 bits per heavy atom. The Labute approximate surface area is 118 Å². The highest BCUT2D eigenvalue weighted by molar-refractivity contribution is 5.94. The van der Waals surface area contributed by atoms with Crippen molar-refractivity contribution < 1.29 is 14.6 Å². The maximum Gasteiger partial charge on any atom is 0.347 e. The van der Waals surface area contributed by atoms with Crippen molar-refractivity contribution in [2.24, 2.45) is 0 Å². The number of aryl methyl sites for hydroxylation is 1. The fraction of sp³-hybridized carbons (Fsp3) is 0.118. The number of phenols is 1. The summed E-state index contributed by atoms with van der Waals surface area (Å²) in [4.78, 5) is 12.1. The van der Waals surface area contributed by atoms with Gasteiger partial charge in [-0.15, -0.1) is 6.58 Å². The number of esters is 1. The molecule has 0 aliphatic heterocycles. The second-order valence-electron chi connectivity index (χ2n) is 4.51. The molecule has 0 spiro atoms. The highest BCUT2D eigenvalue weighted by Crippen LogP contribution is 2.23. The Hall–Kier alpha value is -2.55. The molecule has 3 heteroatoms. The van der Waals surface area contributed by atoms with Crippen molar-refractivity contribution in [1.82, 2.24) is 0 Å². The summed E-state index contributed by atoms with van der Waals surface area (Å²) < 4.78 is 5.36. The van der Waals surface area contributed by atoms with Gasteiger partial charge < -0.3 is 9.84 Å². The normalized spacial score (nSPS) is 10.1. The number of carbonyl (C=O) groups excluding carboxylic acids is 1. The van der Waals surface area contributed by atoms with Crippen molar-refractivity contribution in [2.75, 3.05) is 0 Å². The van der Waals surface area contributed by atoms with E-state index in [2.05, 4.69) is 6.58 Å². The quantitative estimate of drug-likeness (QED) is 0.523. The van der Waals surface area contributed by atoms with Gasteiger partial charge in [0.05, 0.1) is 0 Å². The first-order valence-corrected chi connectivity index (χ1v) is 6.32. The second-order valence-corrected chi connectivity index (χ2v) is 4.51. The summed E-state index contributed by atoms with van der Waals surface area (Å²) in [6.07, 6.45) is 2.36. The van der Waals surface area contributed by atoms with E-state index < -0.39 is 5.97 Å². The van der Waals surface area contributed by atoms with Crippen molar-refractivity contribution >= 4 is 5.97 Å². The molecule has 0 aromatic heterocycles. The highest BCUT2D eigenvalue weighted by atomic mass is 16.5. The minimum absolute atomic E-state index is 0.0730. The molecule has 2 aromatic rings. The molecule has 102 valence electrons. The number of para-hydroxylation sites is 1. The number of aromatic hydroxyl groups is 1. The van der Waals surface area contributed by atoms with Crippen molar-refractivity contribution in [3.05, 3.63) is 71.8 Å². The Morgan fingerprint density at radius 2 is 2.05 bits per heavy atom. The van der Waals surface area contributed by atoms with Gasteiger partial charge in [0.15, 0.2) is 0 Å². The molecule has 20 heavy (non-hydrogen) atoms. The number of hydrogen-bond donors (Lipinski definition) is 1. The Balaban J connectivity index is 2.25. The second kappa shape index (κ2) is 6.06. The summed E-state index contributed by atoms with van der Waals surface area (Å²) in [7, 11) is 0. The molecule has 1 N–H and O–H groups in total. The van der Waals surface area contributed by atoms with E-state index in [9.17, 15) is 9.90 Å². The van der Waals surface area contributed by atoms with Crippen molar-refractivity contribution in [3.8, 4) is 11.5 Å². The first kappa shape index (κ1) is 13.9. The third-order valence-corrected chi connectivity index (χ3v) is 2.91. The van der Waals surface area contributed by atoms with E-state index in [1.54, 1.807) is 30.3 Å². The van der Waals surface area contributed by atoms with E-state index in [1.807, 2.05) is 19.1 Å². The molecule has 0 aliphatic carbocycles. The lowest BCUT2D eigenvalue weighted by atomic mass is 10.1. The lowest BCUT2D eigenvalue weighted by Gasteiger charge is -2.09. The Bertz CT molecular complexity index is 644. The van der Waals surface area contributed by atoms with Crippen LogP contribution in [0.3, 0.4) is 0 Å². The summed E-state index contributed by atoms with van der Waals surface area (Å²) in [6, 6.07) is 12.1. The monoisotopic (exact) mass is 268 g/mol. The van der Waals surface area contributed by atoms with Gasteiger partial charge in [0.1, 0.15) is 17.1 Å². The van der Waals surface area contributed by atoms with Crippen LogP contribution in [0.25, 0.3) is 0 Å². The summed E-state index contributed by atoms with van der Waals surface area (Å²) in [5.74, 6) is -0.160. The predicted octanol–water partition coefficient (Wildman–Crippen LogP) is 3.65. The van der Waals surface area contributed by atoms with Crippen LogP contribution >= 0.6 is 0 Å². The number of rotatable bonds is 4. The van der Waals surface area contributed by atoms with Crippen LogP contribution in [-0.2, 0) is 6.42 Å². The van der Waals surface area contributed by atoms with Gasteiger partial charge in [-0.25, -0.2) is 4.79 Å². The van der Waals surface area contributed by atoms with Crippen LogP contribution in [0.2, 0.25) is 0 Å². The topological polar surface area (TPSA) is 46.5 Å². The van der Waals surface area contributed by atoms with Crippen LogP contribution in [0.1, 0.15) is 21.5 Å². The standard InChI is InChI=1S/C17H16O3/c1-3-6-13-7-4-5-8-16(13)20-17(19)14-10-9-12(2)11-15(14)18/h3-5,7-11,18H,1,6H2,2H3. The zero-order valence-electron chi connectivity index (χ0n) is 11.3. The molecule has 0 fully saturated rings. The zero-order valence-corrected chi connectivity index (χ0v) is 11.3. The van der Waals surface area contributed by atoms with Gasteiger partial charge in [-0.2, -0.15) is 0 Å². The van der Waals surface area contributed by atoms with Gasteiger partial charge >= 0.3 is 5.97 Å². The van der Waals surface area contributed by atoms with Crippen LogP contribution in [0.5, 0.6) is 11.5 Å². The molecule has 0 heterocycles. The number of phenolic OH excluding ortho intramolecular Hbond substituents is 1. The SMILES string of the molecule is C=CCc1ccccc1OC(=O)c1ccc(C)cc1O. The average molecular weight is 268 g/mol. The van der Waals surface area contributed by atoms with E-state index in [1.165, 1.54) is 6.07 Å². The highest BCUT2D eigenvalue weighted by Gasteiger charge is 2.14. The van der Waals surface area contributed by atoms with Crippen LogP contribution < -0.4 is 4.74 Å². The summed E-state index contributed by atoms with van der Waals surface area (Å²) >= 11 is 0. The van der Waals surface area contributed by atoms with Crippen LogP contribution in [0, 0.1) is 6.92 Å². The average Bonchev–Trinajstić information content (AvgIpc) is 2.41. The first-order valence-electron chi connectivity index (χ1n) is 6.32. The van der Waals surface area contributed by atoms with Gasteiger partial charge in [-0.05, 0) is 42.7 Å². The van der Waals surface area contributed by atoms with Gasteiger partial charge in [0.2, 0.25) is 0 Å². The lowest BCUT2D eigenvalue weighted by Crippen LogP contribution is -2.10. The fourth-order valence-electron chi connectivity index (χ4n) is 1.90. The van der Waals surface area contributed by atoms with Gasteiger partial charge in [0, 0.05) is 0 Å². The Kier molecular flexibility index (Phi) is 4.20. The maximum atomic E-state index is 12.1. The van der Waals surface area contributed by atoms with Gasteiger partial charge in [0.25, 0.3) is 0 Å². The molecule has 2 rings (SSSR count). The van der Waals surface area contributed by atoms with E-state index in [-0.39, 0.29) is 11.3 Å². The molecule has 0 saturated carbocycles.